The molecule has 6 nitrogen and oxygen atoms in total. The van der Waals surface area contributed by atoms with E-state index in [4.69, 9.17) is 9.47 Å². The van der Waals surface area contributed by atoms with Crippen molar-refractivity contribution in [1.82, 2.24) is 5.32 Å². The molecule has 0 aromatic heterocycles. The normalized spacial score (nSPS) is 13.9. The van der Waals surface area contributed by atoms with Crippen molar-refractivity contribution in [2.24, 2.45) is 0 Å². The van der Waals surface area contributed by atoms with Gasteiger partial charge in [0.05, 0.1) is 6.04 Å². The molecule has 1 aromatic rings. The number of nitrogens with one attached hydrogen (secondary N) is 1. The fourth-order valence-electron chi connectivity index (χ4n) is 1.85. The first-order valence-electron chi connectivity index (χ1n) is 5.99. The summed E-state index contributed by atoms with van der Waals surface area (Å²) in [6, 6.07) is 4.44. The Bertz CT molecular complexity index is 500. The molecule has 1 atom stereocenters. The minimum atomic E-state index is -1.22. The molecule has 0 unspecified atom stereocenters. The first-order chi connectivity index (χ1) is 9.10. The van der Waals surface area contributed by atoms with Crippen LogP contribution >= 0.6 is 0 Å². The summed E-state index contributed by atoms with van der Waals surface area (Å²) in [6.45, 7) is 1.84. The van der Waals surface area contributed by atoms with Crippen molar-refractivity contribution in [2.75, 3.05) is 6.79 Å². The zero-order valence-corrected chi connectivity index (χ0v) is 10.5. The Morgan fingerprint density at radius 3 is 2.79 bits per heavy atom. The Kier molecular flexibility index (Phi) is 3.89. The topological polar surface area (TPSA) is 87.7 Å². The van der Waals surface area contributed by atoms with E-state index < -0.39 is 12.0 Å². The number of amides is 1. The smallest absolute Gasteiger partial charge is 0.231 e. The van der Waals surface area contributed by atoms with Crippen molar-refractivity contribution in [3.63, 3.8) is 0 Å². The van der Waals surface area contributed by atoms with Crippen molar-refractivity contribution in [1.29, 1.82) is 0 Å². The highest BCUT2D eigenvalue weighted by molar-refractivity contribution is 5.77. The van der Waals surface area contributed by atoms with Crippen LogP contribution in [0.4, 0.5) is 0 Å². The van der Waals surface area contributed by atoms with Crippen LogP contribution in [-0.4, -0.2) is 18.7 Å². The number of carbonyl (C=O) groups excluding carboxylic acids is 2. The number of aliphatic carboxylic acids is 1. The average molecular weight is 264 g/mol. The van der Waals surface area contributed by atoms with E-state index in [1.54, 1.807) is 25.1 Å². The molecule has 1 aromatic carbocycles. The lowest BCUT2D eigenvalue weighted by molar-refractivity contribution is -0.306. The molecule has 0 fully saturated rings. The standard InChI is InChI=1S/C13H15NO5/c1-2-12(15)14-9(6-13(16)17)8-3-4-10-11(5-8)19-7-18-10/h3-5,9H,2,6-7H2,1H3,(H,14,15)(H,16,17)/p-1/t9-/m1/s1. The molecule has 6 heteroatoms. The Morgan fingerprint density at radius 1 is 1.37 bits per heavy atom. The van der Waals surface area contributed by atoms with E-state index in [1.807, 2.05) is 0 Å². The molecule has 0 spiro atoms. The summed E-state index contributed by atoms with van der Waals surface area (Å²) < 4.78 is 10.4. The number of ether oxygens (including phenoxy) is 2. The number of benzene rings is 1. The van der Waals surface area contributed by atoms with Crippen LogP contribution in [-0.2, 0) is 9.59 Å². The summed E-state index contributed by atoms with van der Waals surface area (Å²) in [5.74, 6) is -0.285. The van der Waals surface area contributed by atoms with Crippen LogP contribution in [0.25, 0.3) is 0 Å². The first-order valence-corrected chi connectivity index (χ1v) is 5.99. The third-order valence-corrected chi connectivity index (χ3v) is 2.83. The van der Waals surface area contributed by atoms with E-state index in [2.05, 4.69) is 5.32 Å². The predicted octanol–water partition coefficient (Wildman–Crippen LogP) is 0.123. The zero-order chi connectivity index (χ0) is 13.8. The second-order valence-corrected chi connectivity index (χ2v) is 4.16. The van der Waals surface area contributed by atoms with E-state index in [0.29, 0.717) is 17.1 Å². The van der Waals surface area contributed by atoms with Crippen LogP contribution in [0, 0.1) is 0 Å². The molecule has 0 aliphatic carbocycles. The molecule has 0 saturated carbocycles. The predicted molar refractivity (Wildman–Crippen MR) is 63.4 cm³/mol. The van der Waals surface area contributed by atoms with Gasteiger partial charge in [-0.3, -0.25) is 4.79 Å². The molecular weight excluding hydrogens is 250 g/mol. The SMILES string of the molecule is CCC(=O)N[C@H](CC(=O)[O-])c1ccc2c(c1)OCO2. The Hall–Kier alpha value is -2.24. The summed E-state index contributed by atoms with van der Waals surface area (Å²) in [5, 5.41) is 13.4. The van der Waals surface area contributed by atoms with Gasteiger partial charge >= 0.3 is 0 Å². The number of carboxylic acid groups (broad SMARTS) is 1. The van der Waals surface area contributed by atoms with Crippen molar-refractivity contribution in [2.45, 2.75) is 25.8 Å². The Balaban J connectivity index is 2.21. The molecule has 1 heterocycles. The van der Waals surface area contributed by atoms with Crippen LogP contribution < -0.4 is 19.9 Å². The van der Waals surface area contributed by atoms with Crippen molar-refractivity contribution in [3.8, 4) is 11.5 Å². The van der Waals surface area contributed by atoms with Gasteiger partial charge in [-0.15, -0.1) is 0 Å². The molecular formula is C13H14NO5-. The molecule has 102 valence electrons. The highest BCUT2D eigenvalue weighted by atomic mass is 16.7. The lowest BCUT2D eigenvalue weighted by Crippen LogP contribution is -2.33. The van der Waals surface area contributed by atoms with E-state index in [-0.39, 0.29) is 25.5 Å². The van der Waals surface area contributed by atoms with Gasteiger partial charge in [0.15, 0.2) is 11.5 Å². The number of fused-ring (bicyclic) bond motifs is 1. The number of hydrogen-bond donors (Lipinski definition) is 1. The van der Waals surface area contributed by atoms with E-state index in [1.165, 1.54) is 0 Å². The minimum absolute atomic E-state index is 0.144. The van der Waals surface area contributed by atoms with Gasteiger partial charge < -0.3 is 24.7 Å². The van der Waals surface area contributed by atoms with Crippen LogP contribution in [0.3, 0.4) is 0 Å². The minimum Gasteiger partial charge on any atom is -0.550 e. The largest absolute Gasteiger partial charge is 0.550 e. The molecule has 2 rings (SSSR count). The Labute approximate surface area is 110 Å². The van der Waals surface area contributed by atoms with Crippen molar-refractivity contribution >= 4 is 11.9 Å². The lowest BCUT2D eigenvalue weighted by Gasteiger charge is -2.19. The van der Waals surface area contributed by atoms with E-state index >= 15 is 0 Å². The van der Waals surface area contributed by atoms with Crippen LogP contribution in [0.1, 0.15) is 31.4 Å². The number of hydrogen-bond acceptors (Lipinski definition) is 5. The van der Waals surface area contributed by atoms with Crippen LogP contribution in [0.2, 0.25) is 0 Å². The van der Waals surface area contributed by atoms with Gasteiger partial charge in [-0.05, 0) is 17.7 Å². The fourth-order valence-corrected chi connectivity index (χ4v) is 1.85. The number of carboxylic acids is 1. The highest BCUT2D eigenvalue weighted by Crippen LogP contribution is 2.34. The molecule has 1 N–H and O–H groups in total. The molecule has 0 bridgehead atoms. The zero-order valence-electron chi connectivity index (χ0n) is 10.5. The molecule has 1 aliphatic heterocycles. The monoisotopic (exact) mass is 264 g/mol. The summed E-state index contributed by atoms with van der Waals surface area (Å²) >= 11 is 0. The summed E-state index contributed by atoms with van der Waals surface area (Å²) in [7, 11) is 0. The third kappa shape index (κ3) is 3.15. The summed E-state index contributed by atoms with van der Waals surface area (Å²) in [4.78, 5) is 22.2. The second kappa shape index (κ2) is 5.60. The maximum Gasteiger partial charge on any atom is 0.231 e. The molecule has 19 heavy (non-hydrogen) atoms. The third-order valence-electron chi connectivity index (χ3n) is 2.83. The van der Waals surface area contributed by atoms with E-state index in [9.17, 15) is 14.7 Å². The van der Waals surface area contributed by atoms with E-state index in [0.717, 1.165) is 0 Å². The molecule has 0 saturated heterocycles. The van der Waals surface area contributed by atoms with Gasteiger partial charge in [-0.2, -0.15) is 0 Å². The maximum absolute atomic E-state index is 11.4. The average Bonchev–Trinajstić information content (AvgIpc) is 2.84. The highest BCUT2D eigenvalue weighted by Gasteiger charge is 2.19. The first kappa shape index (κ1) is 13.2. The summed E-state index contributed by atoms with van der Waals surface area (Å²) in [5.41, 5.74) is 0.648. The Morgan fingerprint density at radius 2 is 2.11 bits per heavy atom. The van der Waals surface area contributed by atoms with Gasteiger partial charge in [0.2, 0.25) is 12.7 Å². The van der Waals surface area contributed by atoms with Crippen LogP contribution in [0.15, 0.2) is 18.2 Å². The molecule has 1 amide bonds. The molecule has 0 radical (unpaired) electrons. The summed E-state index contributed by atoms with van der Waals surface area (Å²) in [6.07, 6.45) is -0.000513. The van der Waals surface area contributed by atoms with Crippen LogP contribution in [0.5, 0.6) is 11.5 Å². The number of carbonyl (C=O) groups is 2. The quantitative estimate of drug-likeness (QED) is 0.816. The van der Waals surface area contributed by atoms with Gasteiger partial charge in [-0.1, -0.05) is 13.0 Å². The van der Waals surface area contributed by atoms with Gasteiger partial charge in [-0.25, -0.2) is 0 Å². The van der Waals surface area contributed by atoms with Crippen molar-refractivity contribution in [3.05, 3.63) is 23.8 Å². The lowest BCUT2D eigenvalue weighted by atomic mass is 10.0. The molecule has 1 aliphatic rings. The van der Waals surface area contributed by atoms with Gasteiger partial charge in [0, 0.05) is 18.8 Å². The maximum atomic E-state index is 11.4. The fraction of sp³-hybridized carbons (Fsp3) is 0.385. The second-order valence-electron chi connectivity index (χ2n) is 4.16. The number of rotatable bonds is 5. The van der Waals surface area contributed by atoms with Gasteiger partial charge in [0.1, 0.15) is 0 Å². The van der Waals surface area contributed by atoms with Gasteiger partial charge in [0.25, 0.3) is 0 Å². The van der Waals surface area contributed by atoms with Crippen molar-refractivity contribution < 1.29 is 24.2 Å².